The molecule has 1 aromatic rings. The fourth-order valence-electron chi connectivity index (χ4n) is 4.70. The molecule has 2 N–H and O–H groups in total. The molecule has 1 heterocycles. The maximum absolute atomic E-state index is 13.5. The maximum Gasteiger partial charge on any atom is 0.317 e. The molecule has 0 bridgehead atoms. The summed E-state index contributed by atoms with van der Waals surface area (Å²) in [6.45, 7) is 7.13. The molecule has 8 heteroatoms. The molecule has 1 aromatic carbocycles. The van der Waals surface area contributed by atoms with Gasteiger partial charge in [-0.3, -0.25) is 9.59 Å². The van der Waals surface area contributed by atoms with Crippen molar-refractivity contribution in [3.05, 3.63) is 35.6 Å². The van der Waals surface area contributed by atoms with Gasteiger partial charge in [0.2, 0.25) is 5.91 Å². The van der Waals surface area contributed by atoms with E-state index in [1.807, 2.05) is 25.7 Å². The Labute approximate surface area is 196 Å². The zero-order valence-electron chi connectivity index (χ0n) is 20.0. The van der Waals surface area contributed by atoms with Crippen molar-refractivity contribution in [2.45, 2.75) is 77.4 Å². The van der Waals surface area contributed by atoms with Crippen LogP contribution in [0.3, 0.4) is 0 Å². The molecule has 1 aliphatic heterocycles. The smallest absolute Gasteiger partial charge is 0.317 e. The van der Waals surface area contributed by atoms with Crippen molar-refractivity contribution in [2.75, 3.05) is 19.6 Å². The van der Waals surface area contributed by atoms with Gasteiger partial charge in [-0.15, -0.1) is 0 Å². The summed E-state index contributed by atoms with van der Waals surface area (Å²) in [6.07, 6.45) is 6.30. The normalized spacial score (nSPS) is 21.3. The molecular formula is C25H37FN4O3. The van der Waals surface area contributed by atoms with Crippen LogP contribution in [0.15, 0.2) is 24.3 Å². The largest absolute Gasteiger partial charge is 0.340 e. The summed E-state index contributed by atoms with van der Waals surface area (Å²) in [5.74, 6) is -1.21. The van der Waals surface area contributed by atoms with Crippen LogP contribution in [0, 0.1) is 11.7 Å². The Morgan fingerprint density at radius 3 is 2.52 bits per heavy atom. The van der Waals surface area contributed by atoms with E-state index in [1.165, 1.54) is 30.7 Å². The third-order valence-electron chi connectivity index (χ3n) is 6.99. The quantitative estimate of drug-likeness (QED) is 0.681. The van der Waals surface area contributed by atoms with Crippen LogP contribution >= 0.6 is 0 Å². The molecule has 1 saturated heterocycles. The third kappa shape index (κ3) is 6.45. The Kier molecular flexibility index (Phi) is 8.69. The first kappa shape index (κ1) is 25.0. The van der Waals surface area contributed by atoms with Crippen molar-refractivity contribution < 1.29 is 18.8 Å². The van der Waals surface area contributed by atoms with Gasteiger partial charge in [-0.25, -0.2) is 9.18 Å². The van der Waals surface area contributed by atoms with Crippen LogP contribution in [0.4, 0.5) is 9.18 Å². The molecule has 1 saturated carbocycles. The Balaban J connectivity index is 1.61. The summed E-state index contributed by atoms with van der Waals surface area (Å²) >= 11 is 0. The lowest BCUT2D eigenvalue weighted by molar-refractivity contribution is -0.136. The van der Waals surface area contributed by atoms with Gasteiger partial charge in [0, 0.05) is 37.3 Å². The molecule has 1 aliphatic carbocycles. The number of halogens is 1. The second-order valence-electron chi connectivity index (χ2n) is 9.46. The predicted octanol–water partition coefficient (Wildman–Crippen LogP) is 3.55. The highest BCUT2D eigenvalue weighted by atomic mass is 19.1. The number of urea groups is 1. The molecular weight excluding hydrogens is 423 g/mol. The third-order valence-corrected chi connectivity index (χ3v) is 6.99. The number of nitrogens with zero attached hydrogens (tertiary/aromatic N) is 2. The number of hydrogen-bond donors (Lipinski definition) is 2. The molecule has 33 heavy (non-hydrogen) atoms. The minimum absolute atomic E-state index is 0.0561. The van der Waals surface area contributed by atoms with Gasteiger partial charge in [0.05, 0.1) is 0 Å². The lowest BCUT2D eigenvalue weighted by atomic mass is 9.95. The van der Waals surface area contributed by atoms with E-state index in [4.69, 9.17) is 0 Å². The van der Waals surface area contributed by atoms with Crippen molar-refractivity contribution in [1.82, 2.24) is 20.4 Å². The van der Waals surface area contributed by atoms with E-state index in [9.17, 15) is 18.8 Å². The number of amides is 4. The average molecular weight is 461 g/mol. The van der Waals surface area contributed by atoms with Crippen LogP contribution in [0.2, 0.25) is 0 Å². The number of nitrogens with one attached hydrogen (secondary N) is 2. The number of carbonyl (C=O) groups excluding carboxylic acids is 3. The summed E-state index contributed by atoms with van der Waals surface area (Å²) in [4.78, 5) is 42.4. The summed E-state index contributed by atoms with van der Waals surface area (Å²) in [5, 5.41) is 5.98. The van der Waals surface area contributed by atoms with E-state index < -0.39 is 17.8 Å². The zero-order valence-corrected chi connectivity index (χ0v) is 20.0. The van der Waals surface area contributed by atoms with Gasteiger partial charge in [-0.05, 0) is 43.9 Å². The molecule has 2 fully saturated rings. The van der Waals surface area contributed by atoms with Gasteiger partial charge in [0.25, 0.3) is 5.91 Å². The van der Waals surface area contributed by atoms with Crippen LogP contribution < -0.4 is 10.6 Å². The van der Waals surface area contributed by atoms with Crippen LogP contribution in [-0.2, 0) is 4.79 Å². The summed E-state index contributed by atoms with van der Waals surface area (Å²) in [5.41, 5.74) is 0.189. The van der Waals surface area contributed by atoms with E-state index in [0.29, 0.717) is 26.1 Å². The van der Waals surface area contributed by atoms with Crippen molar-refractivity contribution in [3.63, 3.8) is 0 Å². The van der Waals surface area contributed by atoms with Crippen molar-refractivity contribution in [1.29, 1.82) is 0 Å². The Bertz CT molecular complexity index is 843. The molecule has 3 rings (SSSR count). The van der Waals surface area contributed by atoms with Crippen molar-refractivity contribution >= 4 is 17.8 Å². The van der Waals surface area contributed by atoms with Crippen LogP contribution in [0.1, 0.15) is 69.7 Å². The van der Waals surface area contributed by atoms with Gasteiger partial charge in [-0.1, -0.05) is 45.6 Å². The van der Waals surface area contributed by atoms with Crippen molar-refractivity contribution in [2.24, 2.45) is 5.92 Å². The molecule has 3 unspecified atom stereocenters. The standard InChI is InChI=1S/C25H37FN4O3/c1-4-17(2)22(28-23(31)19-9-8-10-20(26)15-19)24(32)29-13-14-30(18(3)16-29)25(33)27-21-11-6-5-7-12-21/h8-10,15,17-18,21-22H,4-7,11-14,16H2,1-3H3,(H,27,33)(H,28,31). The topological polar surface area (TPSA) is 81.8 Å². The SMILES string of the molecule is CCC(C)C(NC(=O)c1cccc(F)c1)C(=O)N1CCN(C(=O)NC2CCCCC2)C(C)C1. The van der Waals surface area contributed by atoms with Crippen LogP contribution in [0.25, 0.3) is 0 Å². The molecule has 3 atom stereocenters. The minimum Gasteiger partial charge on any atom is -0.340 e. The van der Waals surface area contributed by atoms with E-state index >= 15 is 0 Å². The first-order valence-electron chi connectivity index (χ1n) is 12.2. The van der Waals surface area contributed by atoms with E-state index in [0.717, 1.165) is 25.7 Å². The van der Waals surface area contributed by atoms with Gasteiger partial charge >= 0.3 is 6.03 Å². The lowest BCUT2D eigenvalue weighted by Crippen LogP contribution is -2.61. The first-order chi connectivity index (χ1) is 15.8. The Hall–Kier alpha value is -2.64. The van der Waals surface area contributed by atoms with E-state index in [2.05, 4.69) is 10.6 Å². The number of hydrogen-bond acceptors (Lipinski definition) is 3. The molecule has 0 aromatic heterocycles. The highest BCUT2D eigenvalue weighted by Gasteiger charge is 2.35. The molecule has 4 amide bonds. The molecule has 0 radical (unpaired) electrons. The summed E-state index contributed by atoms with van der Waals surface area (Å²) in [6, 6.07) is 4.80. The van der Waals surface area contributed by atoms with Gasteiger partial charge in [0.1, 0.15) is 11.9 Å². The first-order valence-corrected chi connectivity index (χ1v) is 12.2. The van der Waals surface area contributed by atoms with Gasteiger partial charge < -0.3 is 20.4 Å². The van der Waals surface area contributed by atoms with Gasteiger partial charge in [0.15, 0.2) is 0 Å². The Morgan fingerprint density at radius 2 is 1.88 bits per heavy atom. The fourth-order valence-corrected chi connectivity index (χ4v) is 4.70. The number of rotatable bonds is 6. The maximum atomic E-state index is 13.5. The van der Waals surface area contributed by atoms with Crippen molar-refractivity contribution in [3.8, 4) is 0 Å². The van der Waals surface area contributed by atoms with Crippen LogP contribution in [0.5, 0.6) is 0 Å². The van der Waals surface area contributed by atoms with E-state index in [-0.39, 0.29) is 35.5 Å². The number of piperazine rings is 1. The molecule has 182 valence electrons. The second kappa shape index (κ2) is 11.5. The Morgan fingerprint density at radius 1 is 1.15 bits per heavy atom. The highest BCUT2D eigenvalue weighted by molar-refractivity contribution is 5.97. The van der Waals surface area contributed by atoms with E-state index in [1.54, 1.807) is 4.90 Å². The average Bonchev–Trinajstić information content (AvgIpc) is 2.82. The molecule has 7 nitrogen and oxygen atoms in total. The summed E-state index contributed by atoms with van der Waals surface area (Å²) < 4.78 is 13.5. The minimum atomic E-state index is -0.708. The van der Waals surface area contributed by atoms with Crippen LogP contribution in [-0.4, -0.2) is 65.4 Å². The molecule has 2 aliphatic rings. The van der Waals surface area contributed by atoms with Gasteiger partial charge in [-0.2, -0.15) is 0 Å². The lowest BCUT2D eigenvalue weighted by Gasteiger charge is -2.42. The fraction of sp³-hybridized carbons (Fsp3) is 0.640. The highest BCUT2D eigenvalue weighted by Crippen LogP contribution is 2.20. The number of benzene rings is 1. The molecule has 0 spiro atoms. The monoisotopic (exact) mass is 460 g/mol. The zero-order chi connectivity index (χ0) is 24.0. The number of carbonyl (C=O) groups is 3. The second-order valence-corrected chi connectivity index (χ2v) is 9.46. The summed E-state index contributed by atoms with van der Waals surface area (Å²) in [7, 11) is 0. The predicted molar refractivity (Wildman–Crippen MR) is 125 cm³/mol.